The molecule has 2 nitrogen and oxygen atoms in total. The molecule has 0 unspecified atom stereocenters. The molecule has 0 spiro atoms. The lowest BCUT2D eigenvalue weighted by Gasteiger charge is -2.25. The average molecular weight is 257 g/mol. The molecule has 3 heteroatoms. The van der Waals surface area contributed by atoms with E-state index in [-0.39, 0.29) is 6.61 Å². The van der Waals surface area contributed by atoms with Crippen molar-refractivity contribution in [2.24, 2.45) is 0 Å². The standard InChI is InChI=1S/C11H13BrO2/c12-9-1-2-11-10(7-9)8(3-5-13)4-6-14-11/h1-2,7-8,13H,3-6H2/t8-/m0/s1. The topological polar surface area (TPSA) is 29.5 Å². The Hall–Kier alpha value is -0.540. The highest BCUT2D eigenvalue weighted by molar-refractivity contribution is 9.10. The predicted molar refractivity (Wildman–Crippen MR) is 58.7 cm³/mol. The van der Waals surface area contributed by atoms with Gasteiger partial charge in [-0.25, -0.2) is 0 Å². The zero-order valence-electron chi connectivity index (χ0n) is 7.87. The molecule has 76 valence electrons. The van der Waals surface area contributed by atoms with Gasteiger partial charge in [0.05, 0.1) is 6.61 Å². The van der Waals surface area contributed by atoms with E-state index in [0.717, 1.165) is 29.7 Å². The molecule has 1 aromatic carbocycles. The second kappa shape index (κ2) is 4.32. The number of benzene rings is 1. The molecular weight excluding hydrogens is 244 g/mol. The Morgan fingerprint density at radius 2 is 2.36 bits per heavy atom. The van der Waals surface area contributed by atoms with Crippen LogP contribution in [-0.2, 0) is 0 Å². The number of aliphatic hydroxyl groups is 1. The molecule has 14 heavy (non-hydrogen) atoms. The van der Waals surface area contributed by atoms with E-state index in [9.17, 15) is 0 Å². The second-order valence-electron chi connectivity index (χ2n) is 3.53. The van der Waals surface area contributed by atoms with Gasteiger partial charge in [0.25, 0.3) is 0 Å². The maximum atomic E-state index is 8.96. The highest BCUT2D eigenvalue weighted by Crippen LogP contribution is 2.37. The smallest absolute Gasteiger partial charge is 0.122 e. The zero-order chi connectivity index (χ0) is 9.97. The monoisotopic (exact) mass is 256 g/mol. The van der Waals surface area contributed by atoms with E-state index in [0.29, 0.717) is 5.92 Å². The van der Waals surface area contributed by atoms with Crippen molar-refractivity contribution >= 4 is 15.9 Å². The van der Waals surface area contributed by atoms with Crippen LogP contribution in [0.1, 0.15) is 24.3 Å². The molecule has 1 heterocycles. The molecule has 1 aliphatic rings. The van der Waals surface area contributed by atoms with Gasteiger partial charge >= 0.3 is 0 Å². The van der Waals surface area contributed by atoms with E-state index in [2.05, 4.69) is 22.0 Å². The first kappa shape index (κ1) is 9.99. The fraction of sp³-hybridized carbons (Fsp3) is 0.455. The van der Waals surface area contributed by atoms with Crippen LogP contribution in [0.4, 0.5) is 0 Å². The molecule has 0 amide bonds. The first-order chi connectivity index (χ1) is 6.81. The molecule has 0 saturated carbocycles. The minimum atomic E-state index is 0.247. The first-order valence-corrected chi connectivity index (χ1v) is 5.63. The van der Waals surface area contributed by atoms with E-state index in [1.165, 1.54) is 5.56 Å². The van der Waals surface area contributed by atoms with Crippen LogP contribution >= 0.6 is 15.9 Å². The number of hydrogen-bond acceptors (Lipinski definition) is 2. The summed E-state index contributed by atoms with van der Waals surface area (Å²) in [6.07, 6.45) is 1.83. The average Bonchev–Trinajstić information content (AvgIpc) is 2.19. The minimum Gasteiger partial charge on any atom is -0.493 e. The summed E-state index contributed by atoms with van der Waals surface area (Å²) in [5.41, 5.74) is 1.22. The van der Waals surface area contributed by atoms with Gasteiger partial charge in [-0.1, -0.05) is 15.9 Å². The summed E-state index contributed by atoms with van der Waals surface area (Å²) in [7, 11) is 0. The fourth-order valence-corrected chi connectivity index (χ4v) is 2.27. The predicted octanol–water partition coefficient (Wildman–Crippen LogP) is 2.70. The number of aliphatic hydroxyl groups excluding tert-OH is 1. The van der Waals surface area contributed by atoms with Gasteiger partial charge in [-0.3, -0.25) is 0 Å². The number of ether oxygens (including phenoxy) is 1. The molecule has 0 aromatic heterocycles. The lowest BCUT2D eigenvalue weighted by molar-refractivity contribution is 0.230. The molecule has 0 bridgehead atoms. The van der Waals surface area contributed by atoms with Crippen LogP contribution in [0, 0.1) is 0 Å². The Morgan fingerprint density at radius 1 is 1.50 bits per heavy atom. The van der Waals surface area contributed by atoms with Gasteiger partial charge in [-0.05, 0) is 42.5 Å². The van der Waals surface area contributed by atoms with Gasteiger partial charge in [0.1, 0.15) is 5.75 Å². The second-order valence-corrected chi connectivity index (χ2v) is 4.44. The third kappa shape index (κ3) is 1.93. The summed E-state index contributed by atoms with van der Waals surface area (Å²) in [5.74, 6) is 1.42. The van der Waals surface area contributed by atoms with E-state index in [1.807, 2.05) is 12.1 Å². The molecule has 0 radical (unpaired) electrons. The zero-order valence-corrected chi connectivity index (χ0v) is 9.46. The summed E-state index contributed by atoms with van der Waals surface area (Å²) in [4.78, 5) is 0. The highest BCUT2D eigenvalue weighted by Gasteiger charge is 2.20. The summed E-state index contributed by atoms with van der Waals surface area (Å²) >= 11 is 3.45. The van der Waals surface area contributed by atoms with Gasteiger partial charge < -0.3 is 9.84 Å². The van der Waals surface area contributed by atoms with Crippen LogP contribution in [0.5, 0.6) is 5.75 Å². The molecule has 1 aromatic rings. The molecule has 1 N–H and O–H groups in total. The Bertz CT molecular complexity index is 325. The van der Waals surface area contributed by atoms with Crippen molar-refractivity contribution < 1.29 is 9.84 Å². The van der Waals surface area contributed by atoms with Gasteiger partial charge in [-0.15, -0.1) is 0 Å². The van der Waals surface area contributed by atoms with Crippen LogP contribution in [0.15, 0.2) is 22.7 Å². The molecule has 0 aliphatic carbocycles. The van der Waals surface area contributed by atoms with Gasteiger partial charge in [0.2, 0.25) is 0 Å². The van der Waals surface area contributed by atoms with Gasteiger partial charge in [-0.2, -0.15) is 0 Å². The number of hydrogen-bond donors (Lipinski definition) is 1. The Balaban J connectivity index is 2.32. The summed E-state index contributed by atoms with van der Waals surface area (Å²) < 4.78 is 6.63. The molecular formula is C11H13BrO2. The van der Waals surface area contributed by atoms with Crippen molar-refractivity contribution in [3.05, 3.63) is 28.2 Å². The number of rotatable bonds is 2. The molecule has 1 aliphatic heterocycles. The first-order valence-electron chi connectivity index (χ1n) is 4.84. The van der Waals surface area contributed by atoms with Crippen molar-refractivity contribution in [2.75, 3.05) is 13.2 Å². The van der Waals surface area contributed by atoms with Crippen molar-refractivity contribution in [3.8, 4) is 5.75 Å². The molecule has 1 atom stereocenters. The van der Waals surface area contributed by atoms with Gasteiger partial charge in [0, 0.05) is 11.1 Å². The Labute approximate surface area is 92.0 Å². The minimum absolute atomic E-state index is 0.247. The van der Waals surface area contributed by atoms with Crippen LogP contribution in [0.2, 0.25) is 0 Å². The molecule has 2 rings (SSSR count). The normalized spacial score (nSPS) is 20.0. The van der Waals surface area contributed by atoms with Crippen LogP contribution in [0.25, 0.3) is 0 Å². The van der Waals surface area contributed by atoms with Gasteiger partial charge in [0.15, 0.2) is 0 Å². The van der Waals surface area contributed by atoms with E-state index in [1.54, 1.807) is 0 Å². The summed E-state index contributed by atoms with van der Waals surface area (Å²) in [5, 5.41) is 8.96. The van der Waals surface area contributed by atoms with E-state index >= 15 is 0 Å². The summed E-state index contributed by atoms with van der Waals surface area (Å²) in [6, 6.07) is 6.07. The summed E-state index contributed by atoms with van der Waals surface area (Å²) in [6.45, 7) is 1.01. The third-order valence-electron chi connectivity index (χ3n) is 2.61. The maximum Gasteiger partial charge on any atom is 0.122 e. The quantitative estimate of drug-likeness (QED) is 0.882. The lowest BCUT2D eigenvalue weighted by Crippen LogP contribution is -2.15. The molecule has 0 saturated heterocycles. The SMILES string of the molecule is OCC[C@H]1CCOc2ccc(Br)cc21. The van der Waals surface area contributed by atoms with E-state index < -0.39 is 0 Å². The third-order valence-corrected chi connectivity index (χ3v) is 3.11. The fourth-order valence-electron chi connectivity index (χ4n) is 1.89. The van der Waals surface area contributed by atoms with Crippen molar-refractivity contribution in [1.29, 1.82) is 0 Å². The highest BCUT2D eigenvalue weighted by atomic mass is 79.9. The van der Waals surface area contributed by atoms with Crippen LogP contribution in [-0.4, -0.2) is 18.3 Å². The maximum absolute atomic E-state index is 8.96. The van der Waals surface area contributed by atoms with Crippen LogP contribution in [0.3, 0.4) is 0 Å². The van der Waals surface area contributed by atoms with Crippen molar-refractivity contribution in [1.82, 2.24) is 0 Å². The lowest BCUT2D eigenvalue weighted by atomic mass is 9.91. The largest absolute Gasteiger partial charge is 0.493 e. The van der Waals surface area contributed by atoms with Crippen molar-refractivity contribution in [2.45, 2.75) is 18.8 Å². The Kier molecular flexibility index (Phi) is 3.08. The molecule has 0 fully saturated rings. The number of halogens is 1. The van der Waals surface area contributed by atoms with E-state index in [4.69, 9.17) is 9.84 Å². The van der Waals surface area contributed by atoms with Crippen molar-refractivity contribution in [3.63, 3.8) is 0 Å². The Morgan fingerprint density at radius 3 is 3.14 bits per heavy atom. The number of fused-ring (bicyclic) bond motifs is 1. The van der Waals surface area contributed by atoms with Crippen LogP contribution < -0.4 is 4.74 Å².